The third kappa shape index (κ3) is 3.07. The molecule has 1 aromatic heterocycles. The number of nitrogens with zero attached hydrogens (tertiary/aromatic N) is 3. The van der Waals surface area contributed by atoms with Crippen LogP contribution in [0.3, 0.4) is 0 Å². The Morgan fingerprint density at radius 1 is 1.47 bits per heavy atom. The quantitative estimate of drug-likeness (QED) is 0.778. The van der Waals surface area contributed by atoms with Crippen LogP contribution >= 0.6 is 11.6 Å². The lowest BCUT2D eigenvalue weighted by Crippen LogP contribution is -2.38. The minimum Gasteiger partial charge on any atom is -0.378 e. The molecule has 4 nitrogen and oxygen atoms in total. The first-order valence-electron chi connectivity index (χ1n) is 6.06. The summed E-state index contributed by atoms with van der Waals surface area (Å²) in [6, 6.07) is 0. The van der Waals surface area contributed by atoms with Gasteiger partial charge < -0.3 is 9.64 Å². The molecule has 0 N–H and O–H groups in total. The van der Waals surface area contributed by atoms with E-state index in [-0.39, 0.29) is 0 Å². The van der Waals surface area contributed by atoms with Crippen molar-refractivity contribution in [3.05, 3.63) is 17.0 Å². The normalized spacial score (nSPS) is 17.5. The molecule has 0 spiro atoms. The lowest BCUT2D eigenvalue weighted by atomic mass is 10.1. The number of hydrogen-bond donors (Lipinski definition) is 0. The van der Waals surface area contributed by atoms with Crippen molar-refractivity contribution in [1.82, 2.24) is 9.97 Å². The molecule has 1 saturated heterocycles. The number of piperidine rings is 1. The van der Waals surface area contributed by atoms with E-state index in [1.54, 1.807) is 6.20 Å². The predicted molar refractivity (Wildman–Crippen MR) is 68.6 cm³/mol. The molecule has 0 atom stereocenters. The Morgan fingerprint density at radius 2 is 2.18 bits per heavy atom. The molecule has 17 heavy (non-hydrogen) atoms. The van der Waals surface area contributed by atoms with Gasteiger partial charge in [-0.2, -0.15) is 0 Å². The van der Waals surface area contributed by atoms with E-state index in [0.717, 1.165) is 43.9 Å². The number of aryl methyl sites for hydroxylation is 1. The maximum atomic E-state index is 5.84. The molecule has 1 fully saturated rings. The molecule has 0 unspecified atom stereocenters. The molecule has 0 amide bonds. The third-order valence-corrected chi connectivity index (χ3v) is 3.24. The Balaban J connectivity index is 2.02. The Morgan fingerprint density at radius 3 is 2.82 bits per heavy atom. The highest BCUT2D eigenvalue weighted by Gasteiger charge is 2.21. The number of ether oxygens (including phenoxy) is 1. The van der Waals surface area contributed by atoms with Crippen LogP contribution in [-0.4, -0.2) is 35.8 Å². The van der Waals surface area contributed by atoms with Crippen LogP contribution in [0.15, 0.2) is 6.20 Å². The van der Waals surface area contributed by atoms with E-state index >= 15 is 0 Å². The van der Waals surface area contributed by atoms with E-state index in [1.165, 1.54) is 0 Å². The Hall–Kier alpha value is -0.870. The summed E-state index contributed by atoms with van der Waals surface area (Å²) in [6.45, 7) is 6.79. The van der Waals surface area contributed by atoms with Crippen molar-refractivity contribution in [1.29, 1.82) is 0 Å². The van der Waals surface area contributed by atoms with Crippen molar-refractivity contribution in [2.45, 2.75) is 32.8 Å². The van der Waals surface area contributed by atoms with Crippen LogP contribution in [-0.2, 0) is 4.74 Å². The second kappa shape index (κ2) is 5.65. The molecule has 0 saturated carbocycles. The second-order valence-electron chi connectivity index (χ2n) is 4.29. The molecule has 1 aromatic rings. The highest BCUT2D eigenvalue weighted by Crippen LogP contribution is 2.23. The Labute approximate surface area is 107 Å². The van der Waals surface area contributed by atoms with Gasteiger partial charge in [0, 0.05) is 31.5 Å². The molecule has 1 aliphatic heterocycles. The van der Waals surface area contributed by atoms with Crippen molar-refractivity contribution < 1.29 is 4.74 Å². The maximum Gasteiger partial charge on any atom is 0.224 e. The van der Waals surface area contributed by atoms with Crippen LogP contribution in [0.25, 0.3) is 0 Å². The summed E-state index contributed by atoms with van der Waals surface area (Å²) in [5.74, 6) is 0.958. The summed E-state index contributed by atoms with van der Waals surface area (Å²) in [6.07, 6.45) is 4.28. The van der Waals surface area contributed by atoms with Gasteiger partial charge >= 0.3 is 0 Å². The summed E-state index contributed by atoms with van der Waals surface area (Å²) in [5.41, 5.74) is 1.07. The monoisotopic (exact) mass is 255 g/mol. The number of anilines is 1. The second-order valence-corrected chi connectivity index (χ2v) is 4.63. The fourth-order valence-corrected chi connectivity index (χ4v) is 2.33. The minimum absolute atomic E-state index is 0.317. The molecule has 0 radical (unpaired) electrons. The zero-order chi connectivity index (χ0) is 12.3. The first kappa shape index (κ1) is 12.6. The summed E-state index contributed by atoms with van der Waals surface area (Å²) in [4.78, 5) is 10.6. The van der Waals surface area contributed by atoms with Crippen LogP contribution < -0.4 is 4.90 Å². The molecule has 0 aromatic carbocycles. The van der Waals surface area contributed by atoms with Crippen LogP contribution in [0.1, 0.15) is 25.3 Å². The molecule has 94 valence electrons. The van der Waals surface area contributed by atoms with Crippen molar-refractivity contribution in [3.63, 3.8) is 0 Å². The predicted octanol–water partition coefficient (Wildman–Crippen LogP) is 2.44. The molecule has 2 rings (SSSR count). The van der Waals surface area contributed by atoms with Gasteiger partial charge in [0.2, 0.25) is 5.28 Å². The lowest BCUT2D eigenvalue weighted by Gasteiger charge is -2.33. The van der Waals surface area contributed by atoms with E-state index < -0.39 is 0 Å². The SMILES string of the molecule is CCOC1CCN(c2nc(Cl)ncc2C)CC1. The van der Waals surface area contributed by atoms with Gasteiger partial charge in [0.1, 0.15) is 5.82 Å². The van der Waals surface area contributed by atoms with Gasteiger partial charge in [-0.3, -0.25) is 0 Å². The maximum absolute atomic E-state index is 5.84. The largest absolute Gasteiger partial charge is 0.378 e. The molecule has 0 aliphatic carbocycles. The average Bonchev–Trinajstić information content (AvgIpc) is 2.34. The van der Waals surface area contributed by atoms with E-state index in [9.17, 15) is 0 Å². The van der Waals surface area contributed by atoms with E-state index in [0.29, 0.717) is 11.4 Å². The smallest absolute Gasteiger partial charge is 0.224 e. The highest BCUT2D eigenvalue weighted by atomic mass is 35.5. The fraction of sp³-hybridized carbons (Fsp3) is 0.667. The number of hydrogen-bond acceptors (Lipinski definition) is 4. The van der Waals surface area contributed by atoms with Crippen LogP contribution in [0.5, 0.6) is 0 Å². The van der Waals surface area contributed by atoms with E-state index in [2.05, 4.69) is 14.9 Å². The summed E-state index contributed by atoms with van der Waals surface area (Å²) in [7, 11) is 0. The van der Waals surface area contributed by atoms with Gasteiger partial charge in [-0.1, -0.05) is 0 Å². The van der Waals surface area contributed by atoms with Crippen LogP contribution in [0, 0.1) is 6.92 Å². The van der Waals surface area contributed by atoms with Gasteiger partial charge in [-0.05, 0) is 38.3 Å². The van der Waals surface area contributed by atoms with Gasteiger partial charge in [0.05, 0.1) is 6.10 Å². The zero-order valence-corrected chi connectivity index (χ0v) is 11.1. The van der Waals surface area contributed by atoms with Crippen molar-refractivity contribution in [3.8, 4) is 0 Å². The Bertz CT molecular complexity index is 378. The summed E-state index contributed by atoms with van der Waals surface area (Å²) >= 11 is 5.84. The van der Waals surface area contributed by atoms with Gasteiger partial charge in [-0.15, -0.1) is 0 Å². The summed E-state index contributed by atoms with van der Waals surface area (Å²) < 4.78 is 5.64. The molecule has 1 aliphatic rings. The minimum atomic E-state index is 0.317. The third-order valence-electron chi connectivity index (χ3n) is 3.06. The van der Waals surface area contributed by atoms with Gasteiger partial charge in [-0.25, -0.2) is 9.97 Å². The van der Waals surface area contributed by atoms with E-state index in [1.807, 2.05) is 13.8 Å². The van der Waals surface area contributed by atoms with E-state index in [4.69, 9.17) is 16.3 Å². The molecule has 5 heteroatoms. The van der Waals surface area contributed by atoms with Gasteiger partial charge in [0.15, 0.2) is 0 Å². The number of aromatic nitrogens is 2. The molecule has 0 bridgehead atoms. The van der Waals surface area contributed by atoms with Crippen molar-refractivity contribution in [2.24, 2.45) is 0 Å². The molecule has 2 heterocycles. The van der Waals surface area contributed by atoms with Crippen molar-refractivity contribution in [2.75, 3.05) is 24.6 Å². The van der Waals surface area contributed by atoms with Crippen molar-refractivity contribution >= 4 is 17.4 Å². The zero-order valence-electron chi connectivity index (χ0n) is 10.3. The standard InChI is InChI=1S/C12H18ClN3O/c1-3-17-10-4-6-16(7-5-10)11-9(2)8-14-12(13)15-11/h8,10H,3-7H2,1-2H3. The first-order chi connectivity index (χ1) is 8.20. The first-order valence-corrected chi connectivity index (χ1v) is 6.44. The summed E-state index contributed by atoms with van der Waals surface area (Å²) in [5, 5.41) is 0.317. The lowest BCUT2D eigenvalue weighted by molar-refractivity contribution is 0.0458. The number of rotatable bonds is 3. The molecular formula is C12H18ClN3O. The number of halogens is 1. The van der Waals surface area contributed by atoms with Gasteiger partial charge in [0.25, 0.3) is 0 Å². The molecular weight excluding hydrogens is 238 g/mol. The van der Waals surface area contributed by atoms with Crippen LogP contribution in [0.2, 0.25) is 5.28 Å². The fourth-order valence-electron chi connectivity index (χ4n) is 2.20. The average molecular weight is 256 g/mol. The highest BCUT2D eigenvalue weighted by molar-refractivity contribution is 6.28. The topological polar surface area (TPSA) is 38.2 Å². The Kier molecular flexibility index (Phi) is 4.18. The van der Waals surface area contributed by atoms with Crippen LogP contribution in [0.4, 0.5) is 5.82 Å².